The molecule has 0 radical (unpaired) electrons. The summed E-state index contributed by atoms with van der Waals surface area (Å²) in [5.41, 5.74) is 4.77. The van der Waals surface area contributed by atoms with Gasteiger partial charge in [0.15, 0.2) is 0 Å². The van der Waals surface area contributed by atoms with Gasteiger partial charge in [-0.2, -0.15) is 0 Å². The van der Waals surface area contributed by atoms with Crippen molar-refractivity contribution >= 4 is 33.8 Å². The van der Waals surface area contributed by atoms with Crippen molar-refractivity contribution in [1.82, 2.24) is 14.9 Å². The molecule has 0 atom stereocenters. The molecule has 35 heavy (non-hydrogen) atoms. The number of amides is 1. The van der Waals surface area contributed by atoms with Crippen molar-refractivity contribution < 1.29 is 14.3 Å². The minimum absolute atomic E-state index is 0.219. The van der Waals surface area contributed by atoms with E-state index in [2.05, 4.69) is 39.1 Å². The molecule has 2 heterocycles. The number of nitrogens with zero attached hydrogens (tertiary/aromatic N) is 2. The van der Waals surface area contributed by atoms with Crippen molar-refractivity contribution in [3.63, 3.8) is 0 Å². The Morgan fingerprint density at radius 3 is 2.51 bits per heavy atom. The Bertz CT molecular complexity index is 1540. The van der Waals surface area contributed by atoms with Crippen LogP contribution in [-0.4, -0.2) is 29.7 Å². The quantitative estimate of drug-likeness (QED) is 0.323. The highest BCUT2D eigenvalue weighted by molar-refractivity contribution is 6.09. The lowest BCUT2D eigenvalue weighted by molar-refractivity contribution is -0.116. The van der Waals surface area contributed by atoms with E-state index in [4.69, 9.17) is 9.47 Å². The Labute approximate surface area is 203 Å². The van der Waals surface area contributed by atoms with E-state index in [-0.39, 0.29) is 5.91 Å². The summed E-state index contributed by atoms with van der Waals surface area (Å²) in [6.45, 7) is 0.319. The Kier molecular flexibility index (Phi) is 6.18. The SMILES string of the molecule is COc1ccc(OC)c(/C=C/C(=O)NCc2cc3c4ccccc4n(-c4ccccc4)c3cn2)c1. The molecule has 0 saturated heterocycles. The molecule has 0 aliphatic rings. The van der Waals surface area contributed by atoms with Crippen LogP contribution in [0, 0.1) is 0 Å². The maximum absolute atomic E-state index is 12.5. The van der Waals surface area contributed by atoms with Crippen molar-refractivity contribution in [2.75, 3.05) is 14.2 Å². The fourth-order valence-corrected chi connectivity index (χ4v) is 4.24. The number of ether oxygens (including phenoxy) is 2. The topological polar surface area (TPSA) is 65.4 Å². The first-order valence-electron chi connectivity index (χ1n) is 11.3. The number of carbonyl (C=O) groups excluding carboxylic acids is 1. The van der Waals surface area contributed by atoms with E-state index in [0.717, 1.165) is 38.8 Å². The summed E-state index contributed by atoms with van der Waals surface area (Å²) in [4.78, 5) is 17.1. The Morgan fingerprint density at radius 1 is 0.914 bits per heavy atom. The maximum atomic E-state index is 12.5. The zero-order valence-electron chi connectivity index (χ0n) is 19.6. The largest absolute Gasteiger partial charge is 0.497 e. The summed E-state index contributed by atoms with van der Waals surface area (Å²) in [6, 6.07) is 26.0. The number of benzene rings is 3. The van der Waals surface area contributed by atoms with E-state index >= 15 is 0 Å². The van der Waals surface area contributed by atoms with Crippen molar-refractivity contribution in [2.24, 2.45) is 0 Å². The third kappa shape index (κ3) is 4.46. The molecule has 0 fully saturated rings. The number of methoxy groups -OCH3 is 2. The van der Waals surface area contributed by atoms with E-state index in [9.17, 15) is 4.79 Å². The highest BCUT2D eigenvalue weighted by Crippen LogP contribution is 2.31. The summed E-state index contributed by atoms with van der Waals surface area (Å²) >= 11 is 0. The van der Waals surface area contributed by atoms with Gasteiger partial charge in [0, 0.05) is 28.1 Å². The molecule has 0 aliphatic carbocycles. The van der Waals surface area contributed by atoms with Gasteiger partial charge < -0.3 is 19.4 Å². The fourth-order valence-electron chi connectivity index (χ4n) is 4.24. The van der Waals surface area contributed by atoms with E-state index < -0.39 is 0 Å². The second kappa shape index (κ2) is 9.73. The summed E-state index contributed by atoms with van der Waals surface area (Å²) in [5.74, 6) is 1.14. The lowest BCUT2D eigenvalue weighted by Gasteiger charge is -2.08. The van der Waals surface area contributed by atoms with E-state index in [1.807, 2.05) is 54.7 Å². The van der Waals surface area contributed by atoms with Gasteiger partial charge in [-0.05, 0) is 48.5 Å². The first kappa shape index (κ1) is 22.2. The van der Waals surface area contributed by atoms with E-state index in [0.29, 0.717) is 18.0 Å². The van der Waals surface area contributed by atoms with Gasteiger partial charge in [-0.1, -0.05) is 36.4 Å². The third-order valence-electron chi connectivity index (χ3n) is 5.92. The van der Waals surface area contributed by atoms with Crippen LogP contribution in [0.4, 0.5) is 0 Å². The van der Waals surface area contributed by atoms with Crippen molar-refractivity contribution in [3.8, 4) is 17.2 Å². The fraction of sp³-hybridized carbons (Fsp3) is 0.103. The highest BCUT2D eigenvalue weighted by atomic mass is 16.5. The third-order valence-corrected chi connectivity index (χ3v) is 5.92. The van der Waals surface area contributed by atoms with Gasteiger partial charge in [-0.3, -0.25) is 9.78 Å². The summed E-state index contributed by atoms with van der Waals surface area (Å²) < 4.78 is 12.8. The predicted molar refractivity (Wildman–Crippen MR) is 139 cm³/mol. The van der Waals surface area contributed by atoms with Gasteiger partial charge in [-0.15, -0.1) is 0 Å². The number of rotatable bonds is 7. The zero-order chi connectivity index (χ0) is 24.2. The van der Waals surface area contributed by atoms with Crippen LogP contribution in [0.2, 0.25) is 0 Å². The van der Waals surface area contributed by atoms with Crippen LogP contribution < -0.4 is 14.8 Å². The molecule has 0 saturated carbocycles. The standard InChI is InChI=1S/C29H25N3O3/c1-34-23-13-14-28(35-2)20(16-23)12-15-29(33)31-18-21-17-25-24-10-6-7-11-26(24)32(27(25)19-30-21)22-8-4-3-5-9-22/h3-17,19H,18H2,1-2H3,(H,31,33)/b15-12+. The molecule has 1 N–H and O–H groups in total. The minimum atomic E-state index is -0.219. The first-order chi connectivity index (χ1) is 17.2. The van der Waals surface area contributed by atoms with Crippen molar-refractivity contribution in [1.29, 1.82) is 0 Å². The number of para-hydroxylation sites is 2. The monoisotopic (exact) mass is 463 g/mol. The van der Waals surface area contributed by atoms with Gasteiger partial charge >= 0.3 is 0 Å². The number of aromatic nitrogens is 2. The zero-order valence-corrected chi connectivity index (χ0v) is 19.6. The van der Waals surface area contributed by atoms with Gasteiger partial charge in [0.1, 0.15) is 11.5 Å². The number of nitrogens with one attached hydrogen (secondary N) is 1. The molecule has 174 valence electrons. The maximum Gasteiger partial charge on any atom is 0.244 e. The molecule has 6 heteroatoms. The van der Waals surface area contributed by atoms with Crippen molar-refractivity contribution in [2.45, 2.75) is 6.54 Å². The van der Waals surface area contributed by atoms with E-state index in [1.165, 1.54) is 6.08 Å². The molecular weight excluding hydrogens is 438 g/mol. The second-order valence-corrected chi connectivity index (χ2v) is 8.04. The lowest BCUT2D eigenvalue weighted by atomic mass is 10.1. The van der Waals surface area contributed by atoms with Crippen molar-refractivity contribution in [3.05, 3.63) is 102 Å². The van der Waals surface area contributed by atoms with Crippen LogP contribution in [0.1, 0.15) is 11.3 Å². The molecule has 0 unspecified atom stereocenters. The molecule has 3 aromatic carbocycles. The first-order valence-corrected chi connectivity index (χ1v) is 11.3. The smallest absolute Gasteiger partial charge is 0.244 e. The van der Waals surface area contributed by atoms with Crippen LogP contribution in [0.25, 0.3) is 33.6 Å². The number of hydrogen-bond donors (Lipinski definition) is 1. The molecule has 5 rings (SSSR count). The number of carbonyl (C=O) groups is 1. The van der Waals surface area contributed by atoms with Gasteiger partial charge in [0.25, 0.3) is 0 Å². The van der Waals surface area contributed by atoms with Crippen LogP contribution in [0.15, 0.2) is 91.1 Å². The van der Waals surface area contributed by atoms with Gasteiger partial charge in [0.05, 0.1) is 43.7 Å². The van der Waals surface area contributed by atoms with E-state index in [1.54, 1.807) is 26.4 Å². The minimum Gasteiger partial charge on any atom is -0.497 e. The molecular formula is C29H25N3O3. The number of fused-ring (bicyclic) bond motifs is 3. The van der Waals surface area contributed by atoms with Crippen LogP contribution in [0.5, 0.6) is 11.5 Å². The molecule has 6 nitrogen and oxygen atoms in total. The Hall–Kier alpha value is -4.58. The molecule has 0 spiro atoms. The highest BCUT2D eigenvalue weighted by Gasteiger charge is 2.13. The molecule has 0 bridgehead atoms. The Balaban J connectivity index is 1.39. The van der Waals surface area contributed by atoms with Crippen LogP contribution >= 0.6 is 0 Å². The summed E-state index contributed by atoms with van der Waals surface area (Å²) in [5, 5.41) is 5.16. The average Bonchev–Trinajstić information content (AvgIpc) is 3.24. The molecule has 0 aliphatic heterocycles. The summed E-state index contributed by atoms with van der Waals surface area (Å²) in [7, 11) is 3.19. The second-order valence-electron chi connectivity index (χ2n) is 8.04. The predicted octanol–water partition coefficient (Wildman–Crippen LogP) is 5.53. The van der Waals surface area contributed by atoms with Gasteiger partial charge in [0.2, 0.25) is 5.91 Å². The van der Waals surface area contributed by atoms with Crippen LogP contribution in [-0.2, 0) is 11.3 Å². The average molecular weight is 464 g/mol. The number of pyridine rings is 1. The molecule has 1 amide bonds. The summed E-state index contributed by atoms with van der Waals surface area (Å²) in [6.07, 6.45) is 5.07. The Morgan fingerprint density at radius 2 is 1.71 bits per heavy atom. The normalized spacial score (nSPS) is 11.3. The van der Waals surface area contributed by atoms with Gasteiger partial charge in [-0.25, -0.2) is 0 Å². The van der Waals surface area contributed by atoms with Crippen LogP contribution in [0.3, 0.4) is 0 Å². The number of hydrogen-bond acceptors (Lipinski definition) is 4. The molecule has 2 aromatic heterocycles. The lowest BCUT2D eigenvalue weighted by Crippen LogP contribution is -2.20. The molecule has 5 aromatic rings.